The number of nitrogens with one attached hydrogen (secondary N) is 1. The molecule has 1 amide bonds. The van der Waals surface area contributed by atoms with Crippen molar-refractivity contribution in [2.45, 2.75) is 238 Å². The van der Waals surface area contributed by atoms with Crippen LogP contribution in [-0.2, 0) is 14.3 Å². The van der Waals surface area contributed by atoms with Crippen LogP contribution in [0, 0.1) is 0 Å². The van der Waals surface area contributed by atoms with Crippen LogP contribution >= 0.6 is 0 Å². The molecule has 0 rings (SSSR count). The maximum Gasteiger partial charge on any atom is 0.306 e. The maximum absolute atomic E-state index is 13.1. The molecule has 58 heavy (non-hydrogen) atoms. The second-order valence-corrected chi connectivity index (χ2v) is 16.3. The lowest BCUT2D eigenvalue weighted by molar-refractivity contribution is -0.151. The number of ether oxygens (including phenoxy) is 1. The standard InChI is InChI=1S/C52H91NO5/c1-4-7-10-13-16-19-22-24-26-27-29-31-34-37-40-43-48(58-52(57)45-42-39-36-33-30-28-25-23-20-17-14-11-8-5-2)46-51(56)53-49(47-54)50(55)44-41-38-35-32-21-18-15-12-9-6-3/h7,10,13,16,19,22,24,26-27,29,31,34,48-50,54-55H,4-6,8-9,11-12,14-15,17-18,20-21,23,25,28,30,32-33,35-47H2,1-3H3,(H,53,56)/b10-7-,16-13+,22-19+,26-24-,29-27+,34-31+. The van der Waals surface area contributed by atoms with E-state index in [1.54, 1.807) is 0 Å². The number of hydrogen-bond acceptors (Lipinski definition) is 5. The lowest BCUT2D eigenvalue weighted by atomic mass is 10.0. The van der Waals surface area contributed by atoms with E-state index in [0.29, 0.717) is 19.3 Å². The number of carbonyl (C=O) groups is 2. The van der Waals surface area contributed by atoms with E-state index < -0.39 is 18.2 Å². The molecule has 0 aliphatic heterocycles. The highest BCUT2D eigenvalue weighted by Crippen LogP contribution is 2.17. The van der Waals surface area contributed by atoms with Crippen LogP contribution in [-0.4, -0.2) is 46.9 Å². The number of amides is 1. The van der Waals surface area contributed by atoms with Crippen LogP contribution in [0.15, 0.2) is 72.9 Å². The van der Waals surface area contributed by atoms with Crippen LogP contribution in [0.2, 0.25) is 0 Å². The van der Waals surface area contributed by atoms with Crippen molar-refractivity contribution in [3.8, 4) is 0 Å². The summed E-state index contributed by atoms with van der Waals surface area (Å²) in [4.78, 5) is 26.0. The third kappa shape index (κ3) is 40.1. The average molecular weight is 810 g/mol. The van der Waals surface area contributed by atoms with Gasteiger partial charge in [-0.15, -0.1) is 0 Å². The lowest BCUT2D eigenvalue weighted by Crippen LogP contribution is -2.46. The molecular weight excluding hydrogens is 719 g/mol. The molecule has 6 nitrogen and oxygen atoms in total. The molecule has 0 saturated carbocycles. The Morgan fingerprint density at radius 3 is 1.38 bits per heavy atom. The van der Waals surface area contributed by atoms with Gasteiger partial charge in [0.25, 0.3) is 0 Å². The van der Waals surface area contributed by atoms with E-state index >= 15 is 0 Å². The molecule has 0 bridgehead atoms. The highest BCUT2D eigenvalue weighted by atomic mass is 16.5. The van der Waals surface area contributed by atoms with E-state index in [9.17, 15) is 19.8 Å². The molecule has 0 spiro atoms. The Hall–Kier alpha value is -2.70. The van der Waals surface area contributed by atoms with Crippen molar-refractivity contribution in [1.29, 1.82) is 0 Å². The van der Waals surface area contributed by atoms with Crippen molar-refractivity contribution in [2.24, 2.45) is 0 Å². The van der Waals surface area contributed by atoms with Crippen LogP contribution < -0.4 is 5.32 Å². The third-order valence-electron chi connectivity index (χ3n) is 10.7. The average Bonchev–Trinajstić information content (AvgIpc) is 3.22. The normalized spacial score (nSPS) is 13.9. The van der Waals surface area contributed by atoms with Gasteiger partial charge in [0.15, 0.2) is 0 Å². The topological polar surface area (TPSA) is 95.9 Å². The minimum absolute atomic E-state index is 0.0258. The summed E-state index contributed by atoms with van der Waals surface area (Å²) in [6, 6.07) is -0.725. The molecule has 0 fully saturated rings. The number of carbonyl (C=O) groups excluding carboxylic acids is 2. The summed E-state index contributed by atoms with van der Waals surface area (Å²) in [7, 11) is 0. The van der Waals surface area contributed by atoms with E-state index in [1.807, 2.05) is 60.8 Å². The molecule has 3 unspecified atom stereocenters. The second kappa shape index (κ2) is 45.4. The Bertz CT molecular complexity index is 1090. The first-order chi connectivity index (χ1) is 28.5. The molecule has 0 aromatic rings. The van der Waals surface area contributed by atoms with E-state index in [2.05, 4.69) is 38.2 Å². The van der Waals surface area contributed by atoms with Gasteiger partial charge in [-0.1, -0.05) is 241 Å². The number of unbranched alkanes of at least 4 members (excludes halogenated alkanes) is 23. The minimum atomic E-state index is -0.807. The Kier molecular flexibility index (Phi) is 43.3. The molecule has 0 aliphatic carbocycles. The molecule has 0 aromatic carbocycles. The molecule has 0 saturated heterocycles. The molecule has 334 valence electrons. The molecule has 0 aromatic heterocycles. The van der Waals surface area contributed by atoms with Gasteiger partial charge < -0.3 is 20.3 Å². The monoisotopic (exact) mass is 810 g/mol. The summed E-state index contributed by atoms with van der Waals surface area (Å²) in [5.41, 5.74) is 0. The zero-order valence-electron chi connectivity index (χ0n) is 37.9. The number of allylic oxidation sites excluding steroid dienone is 12. The van der Waals surface area contributed by atoms with Crippen LogP contribution in [0.25, 0.3) is 0 Å². The molecule has 3 N–H and O–H groups in total. The summed E-state index contributed by atoms with van der Waals surface area (Å²) in [6.45, 7) is 6.29. The van der Waals surface area contributed by atoms with Crippen molar-refractivity contribution < 1.29 is 24.5 Å². The zero-order chi connectivity index (χ0) is 42.4. The first-order valence-electron chi connectivity index (χ1n) is 24.2. The van der Waals surface area contributed by atoms with Gasteiger partial charge in [0, 0.05) is 6.42 Å². The minimum Gasteiger partial charge on any atom is -0.462 e. The van der Waals surface area contributed by atoms with Crippen LogP contribution in [0.3, 0.4) is 0 Å². The number of aliphatic hydroxyl groups excluding tert-OH is 2. The van der Waals surface area contributed by atoms with Gasteiger partial charge in [0.1, 0.15) is 6.10 Å². The summed E-state index contributed by atoms with van der Waals surface area (Å²) >= 11 is 0. The fraction of sp³-hybridized carbons (Fsp3) is 0.731. The van der Waals surface area contributed by atoms with E-state index in [4.69, 9.17) is 4.74 Å². The van der Waals surface area contributed by atoms with Crippen LogP contribution in [0.5, 0.6) is 0 Å². The number of aliphatic hydroxyl groups is 2. The molecular formula is C52H91NO5. The van der Waals surface area contributed by atoms with Crippen molar-refractivity contribution in [1.82, 2.24) is 5.32 Å². The van der Waals surface area contributed by atoms with Gasteiger partial charge in [0.2, 0.25) is 5.91 Å². The summed E-state index contributed by atoms with van der Waals surface area (Å²) < 4.78 is 5.88. The van der Waals surface area contributed by atoms with Crippen LogP contribution in [0.4, 0.5) is 0 Å². The fourth-order valence-corrected chi connectivity index (χ4v) is 7.06. The Balaban J connectivity index is 4.75. The zero-order valence-corrected chi connectivity index (χ0v) is 37.9. The van der Waals surface area contributed by atoms with Gasteiger partial charge in [-0.05, 0) is 38.5 Å². The van der Waals surface area contributed by atoms with Gasteiger partial charge >= 0.3 is 5.97 Å². The number of rotatable bonds is 42. The molecule has 0 heterocycles. The first kappa shape index (κ1) is 55.3. The molecule has 0 radical (unpaired) electrons. The Labute approximate surface area is 358 Å². The SMILES string of the molecule is CC\C=C/C=C/C=C/C=C\C=C\C=C\CCCC(CC(=O)NC(CO)C(O)CCCCCCCCCCCC)OC(=O)CCCCCCCCCCCCCCCC. The van der Waals surface area contributed by atoms with Crippen molar-refractivity contribution in [3.05, 3.63) is 72.9 Å². The van der Waals surface area contributed by atoms with Crippen molar-refractivity contribution in [2.75, 3.05) is 6.61 Å². The van der Waals surface area contributed by atoms with Gasteiger partial charge in [-0.3, -0.25) is 9.59 Å². The van der Waals surface area contributed by atoms with E-state index in [1.165, 1.54) is 116 Å². The highest BCUT2D eigenvalue weighted by molar-refractivity contribution is 5.77. The Morgan fingerprint density at radius 2 is 0.931 bits per heavy atom. The van der Waals surface area contributed by atoms with E-state index in [-0.39, 0.29) is 24.9 Å². The third-order valence-corrected chi connectivity index (χ3v) is 10.7. The lowest BCUT2D eigenvalue weighted by Gasteiger charge is -2.24. The fourth-order valence-electron chi connectivity index (χ4n) is 7.06. The Morgan fingerprint density at radius 1 is 0.517 bits per heavy atom. The van der Waals surface area contributed by atoms with Crippen molar-refractivity contribution >= 4 is 11.9 Å². The highest BCUT2D eigenvalue weighted by Gasteiger charge is 2.24. The van der Waals surface area contributed by atoms with Crippen molar-refractivity contribution in [3.63, 3.8) is 0 Å². The predicted octanol–water partition coefficient (Wildman–Crippen LogP) is 14.2. The smallest absolute Gasteiger partial charge is 0.306 e. The predicted molar refractivity (Wildman–Crippen MR) is 250 cm³/mol. The molecule has 6 heteroatoms. The molecule has 0 aliphatic rings. The second-order valence-electron chi connectivity index (χ2n) is 16.3. The summed E-state index contributed by atoms with van der Waals surface area (Å²) in [5, 5.41) is 23.6. The van der Waals surface area contributed by atoms with Gasteiger partial charge in [-0.25, -0.2) is 0 Å². The maximum atomic E-state index is 13.1. The summed E-state index contributed by atoms with van der Waals surface area (Å²) in [6.07, 6.45) is 56.8. The number of esters is 1. The number of hydrogen-bond donors (Lipinski definition) is 3. The quantitative estimate of drug-likeness (QED) is 0.0324. The molecule has 3 atom stereocenters. The van der Waals surface area contributed by atoms with Crippen LogP contribution in [0.1, 0.15) is 220 Å². The van der Waals surface area contributed by atoms with Gasteiger partial charge in [0.05, 0.1) is 25.2 Å². The largest absolute Gasteiger partial charge is 0.462 e. The van der Waals surface area contributed by atoms with E-state index in [0.717, 1.165) is 57.8 Å². The first-order valence-corrected chi connectivity index (χ1v) is 24.2. The summed E-state index contributed by atoms with van der Waals surface area (Å²) in [5.74, 6) is -0.550. The van der Waals surface area contributed by atoms with Gasteiger partial charge in [-0.2, -0.15) is 0 Å².